The molecule has 3 heteroatoms. The Bertz CT molecular complexity index is 213. The van der Waals surface area contributed by atoms with E-state index in [-0.39, 0.29) is 29.6 Å². The summed E-state index contributed by atoms with van der Waals surface area (Å²) in [5.74, 6) is -1.11. The maximum atomic E-state index is 10.1. The van der Waals surface area contributed by atoms with Crippen LogP contribution in [0.3, 0.4) is 0 Å². The van der Waals surface area contributed by atoms with E-state index in [9.17, 15) is 9.90 Å². The zero-order chi connectivity index (χ0) is 9.56. The fraction of sp³-hybridized carbons (Fsp3) is 0.500. The minimum Gasteiger partial charge on any atom is -0.545 e. The summed E-state index contributed by atoms with van der Waals surface area (Å²) >= 11 is 0. The van der Waals surface area contributed by atoms with Gasteiger partial charge < -0.3 is 9.90 Å². The molecule has 0 heterocycles. The number of carbonyl (C=O) groups is 1. The third-order valence-electron chi connectivity index (χ3n) is 1.46. The summed E-state index contributed by atoms with van der Waals surface area (Å²) in [6.45, 7) is 5.85. The summed E-state index contributed by atoms with van der Waals surface area (Å²) in [5, 5.41) is 10.1. The number of allylic oxidation sites excluding steroid dienone is 3. The van der Waals surface area contributed by atoms with E-state index in [1.54, 1.807) is 6.92 Å². The first-order chi connectivity index (χ1) is 5.52. The van der Waals surface area contributed by atoms with Crippen LogP contribution in [0.2, 0.25) is 0 Å². The first-order valence-electron chi connectivity index (χ1n) is 4.04. The summed E-state index contributed by atoms with van der Waals surface area (Å²) in [5.41, 5.74) is 2.11. The molecule has 0 aromatic heterocycles. The van der Waals surface area contributed by atoms with E-state index in [2.05, 4.69) is 6.08 Å². The molecule has 0 bridgehead atoms. The Morgan fingerprint density at radius 2 is 1.85 bits per heavy atom. The van der Waals surface area contributed by atoms with Gasteiger partial charge in [-0.25, -0.2) is 0 Å². The second kappa shape index (κ2) is 8.54. The van der Waals surface area contributed by atoms with Gasteiger partial charge in [0.05, 0.1) is 5.97 Å². The molecule has 68 valence electrons. The van der Waals surface area contributed by atoms with Crippen LogP contribution in [-0.4, -0.2) is 5.97 Å². The first kappa shape index (κ1) is 15.4. The predicted octanol–water partition coefficient (Wildman–Crippen LogP) is -1.57. The molecule has 0 aliphatic rings. The van der Waals surface area contributed by atoms with Gasteiger partial charge in [0.25, 0.3) is 0 Å². The van der Waals surface area contributed by atoms with Crippen LogP contribution in [0.5, 0.6) is 0 Å². The molecule has 0 saturated carbocycles. The smallest absolute Gasteiger partial charge is 0.545 e. The van der Waals surface area contributed by atoms with Gasteiger partial charge in [-0.1, -0.05) is 17.2 Å². The summed E-state index contributed by atoms with van der Waals surface area (Å²) in [7, 11) is 0. The van der Waals surface area contributed by atoms with Crippen LogP contribution in [0.4, 0.5) is 0 Å². The van der Waals surface area contributed by atoms with Crippen molar-refractivity contribution in [2.75, 3.05) is 0 Å². The van der Waals surface area contributed by atoms with Crippen molar-refractivity contribution < 1.29 is 39.5 Å². The molecule has 2 nitrogen and oxygen atoms in total. The van der Waals surface area contributed by atoms with E-state index in [4.69, 9.17) is 0 Å². The maximum Gasteiger partial charge on any atom is 1.00 e. The Balaban J connectivity index is 0. The maximum absolute atomic E-state index is 10.1. The number of aliphatic carboxylic acids is 1. The molecule has 0 aromatic rings. The van der Waals surface area contributed by atoms with Crippen molar-refractivity contribution in [3.05, 3.63) is 23.3 Å². The van der Waals surface area contributed by atoms with Gasteiger partial charge in [-0.3, -0.25) is 0 Å². The Hall–Kier alpha value is -0.0500. The summed E-state index contributed by atoms with van der Waals surface area (Å²) in [4.78, 5) is 10.1. The van der Waals surface area contributed by atoms with Gasteiger partial charge in [-0.2, -0.15) is 0 Å². The quantitative estimate of drug-likeness (QED) is 0.305. The molecular formula is C10H15NaO2. The minimum atomic E-state index is -1.11. The van der Waals surface area contributed by atoms with Gasteiger partial charge in [-0.05, 0) is 39.7 Å². The van der Waals surface area contributed by atoms with Crippen molar-refractivity contribution in [3.63, 3.8) is 0 Å². The average Bonchev–Trinajstić information content (AvgIpc) is 1.84. The second-order valence-electron chi connectivity index (χ2n) is 3.13. The van der Waals surface area contributed by atoms with Gasteiger partial charge in [0.15, 0.2) is 0 Å². The molecular weight excluding hydrogens is 175 g/mol. The van der Waals surface area contributed by atoms with Crippen molar-refractivity contribution >= 4 is 5.97 Å². The first-order valence-corrected chi connectivity index (χ1v) is 4.04. The number of hydrogen-bond acceptors (Lipinski definition) is 2. The third-order valence-corrected chi connectivity index (χ3v) is 1.46. The van der Waals surface area contributed by atoms with E-state index in [1.807, 2.05) is 13.8 Å². The summed E-state index contributed by atoms with van der Waals surface area (Å²) in [6.07, 6.45) is 4.93. The molecule has 0 fully saturated rings. The Labute approximate surface area is 102 Å². The van der Waals surface area contributed by atoms with E-state index < -0.39 is 5.97 Å². The van der Waals surface area contributed by atoms with Crippen molar-refractivity contribution in [1.29, 1.82) is 0 Å². The van der Waals surface area contributed by atoms with Crippen molar-refractivity contribution in [2.24, 2.45) is 0 Å². The van der Waals surface area contributed by atoms with E-state index in [0.29, 0.717) is 0 Å². The Morgan fingerprint density at radius 3 is 2.23 bits per heavy atom. The number of rotatable bonds is 4. The number of carbonyl (C=O) groups excluding carboxylic acids is 1. The van der Waals surface area contributed by atoms with Crippen LogP contribution in [0.25, 0.3) is 0 Å². The fourth-order valence-corrected chi connectivity index (χ4v) is 0.862. The molecule has 0 aliphatic carbocycles. The van der Waals surface area contributed by atoms with E-state index in [1.165, 1.54) is 5.57 Å². The molecule has 0 N–H and O–H groups in total. The van der Waals surface area contributed by atoms with Crippen LogP contribution in [0.1, 0.15) is 33.6 Å². The summed E-state index contributed by atoms with van der Waals surface area (Å²) < 4.78 is 0. The van der Waals surface area contributed by atoms with Gasteiger partial charge in [-0.15, -0.1) is 0 Å². The predicted molar refractivity (Wildman–Crippen MR) is 47.4 cm³/mol. The van der Waals surface area contributed by atoms with Crippen molar-refractivity contribution in [3.8, 4) is 0 Å². The zero-order valence-corrected chi connectivity index (χ0v) is 10.9. The number of carboxylic acids is 1. The Kier molecular flexibility index (Phi) is 10.1. The molecule has 0 spiro atoms. The van der Waals surface area contributed by atoms with Crippen LogP contribution in [0, 0.1) is 0 Å². The normalized spacial score (nSPS) is 10.2. The standard InChI is InChI=1S/C10H16O2.Na/c1-8(2)5-4-6-9(3)7-10(11)12;/h5,7H,4,6H2,1-3H3,(H,11,12);/q;+1/p-1/b9-7+;. The molecule has 0 saturated heterocycles. The largest absolute Gasteiger partial charge is 1.00 e. The van der Waals surface area contributed by atoms with Crippen LogP contribution < -0.4 is 34.7 Å². The number of carboxylic acid groups (broad SMARTS) is 1. The van der Waals surface area contributed by atoms with Crippen LogP contribution >= 0.6 is 0 Å². The monoisotopic (exact) mass is 190 g/mol. The number of hydrogen-bond donors (Lipinski definition) is 0. The SMILES string of the molecule is CC(C)=CCC/C(C)=C/C(=O)[O-].[Na+]. The van der Waals surface area contributed by atoms with Gasteiger partial charge >= 0.3 is 29.6 Å². The molecule has 13 heavy (non-hydrogen) atoms. The Morgan fingerprint density at radius 1 is 1.31 bits per heavy atom. The average molecular weight is 190 g/mol. The molecule has 0 rings (SSSR count). The van der Waals surface area contributed by atoms with E-state index >= 15 is 0 Å². The minimum absolute atomic E-state index is 0. The van der Waals surface area contributed by atoms with Gasteiger partial charge in [0.1, 0.15) is 0 Å². The second-order valence-corrected chi connectivity index (χ2v) is 3.13. The molecule has 0 radical (unpaired) electrons. The zero-order valence-electron chi connectivity index (χ0n) is 8.89. The van der Waals surface area contributed by atoms with Gasteiger partial charge in [0.2, 0.25) is 0 Å². The molecule has 0 aliphatic heterocycles. The summed E-state index contributed by atoms with van der Waals surface area (Å²) in [6, 6.07) is 0. The van der Waals surface area contributed by atoms with E-state index in [0.717, 1.165) is 24.5 Å². The molecule has 0 aromatic carbocycles. The van der Waals surface area contributed by atoms with Crippen molar-refractivity contribution in [2.45, 2.75) is 33.6 Å². The third kappa shape index (κ3) is 12.0. The van der Waals surface area contributed by atoms with Crippen LogP contribution in [-0.2, 0) is 4.79 Å². The van der Waals surface area contributed by atoms with Crippen molar-refractivity contribution in [1.82, 2.24) is 0 Å². The van der Waals surface area contributed by atoms with Gasteiger partial charge in [0, 0.05) is 0 Å². The topological polar surface area (TPSA) is 40.1 Å². The molecule has 0 unspecified atom stereocenters. The fourth-order valence-electron chi connectivity index (χ4n) is 0.862. The molecule has 0 amide bonds. The van der Waals surface area contributed by atoms with Crippen LogP contribution in [0.15, 0.2) is 23.3 Å². The molecule has 0 atom stereocenters.